The predicted molar refractivity (Wildman–Crippen MR) is 117 cm³/mol. The van der Waals surface area contributed by atoms with Crippen LogP contribution >= 0.6 is 0 Å². The molecule has 0 aliphatic heterocycles. The molecule has 0 aliphatic carbocycles. The van der Waals surface area contributed by atoms with Crippen LogP contribution in [0.5, 0.6) is 0 Å². The third kappa shape index (κ3) is 7.10. The van der Waals surface area contributed by atoms with E-state index in [1.807, 2.05) is 38.1 Å². The van der Waals surface area contributed by atoms with Crippen molar-refractivity contribution in [3.63, 3.8) is 0 Å². The molecule has 2 aromatic carbocycles. The van der Waals surface area contributed by atoms with Crippen molar-refractivity contribution in [1.82, 2.24) is 5.32 Å². The van der Waals surface area contributed by atoms with E-state index in [1.165, 1.54) is 17.3 Å². The zero-order valence-electron chi connectivity index (χ0n) is 17.4. The van der Waals surface area contributed by atoms with Crippen molar-refractivity contribution in [3.8, 4) is 6.07 Å². The molecule has 0 atom stereocenters. The van der Waals surface area contributed by atoms with Gasteiger partial charge in [-0.25, -0.2) is 4.79 Å². The second-order valence-corrected chi connectivity index (χ2v) is 6.85. The van der Waals surface area contributed by atoms with Crippen molar-refractivity contribution in [2.45, 2.75) is 33.1 Å². The fourth-order valence-corrected chi connectivity index (χ4v) is 2.75. The summed E-state index contributed by atoms with van der Waals surface area (Å²) in [5, 5.41) is 15.0. The number of amides is 1. The Bertz CT molecular complexity index is 945. The van der Waals surface area contributed by atoms with E-state index in [0.29, 0.717) is 18.8 Å². The lowest BCUT2D eigenvalue weighted by Gasteiger charge is -2.10. The van der Waals surface area contributed by atoms with Crippen molar-refractivity contribution in [2.75, 3.05) is 18.5 Å². The third-order valence-corrected chi connectivity index (χ3v) is 4.38. The summed E-state index contributed by atoms with van der Waals surface area (Å²) in [5.41, 5.74) is 2.85. The first-order chi connectivity index (χ1) is 14.5. The summed E-state index contributed by atoms with van der Waals surface area (Å²) >= 11 is 0. The molecule has 0 radical (unpaired) electrons. The van der Waals surface area contributed by atoms with Crippen LogP contribution in [0.2, 0.25) is 0 Å². The van der Waals surface area contributed by atoms with E-state index in [1.54, 1.807) is 24.3 Å². The van der Waals surface area contributed by atoms with Gasteiger partial charge in [0.15, 0.2) is 0 Å². The molecule has 1 amide bonds. The van der Waals surface area contributed by atoms with Crippen LogP contribution in [-0.4, -0.2) is 25.0 Å². The molecule has 0 spiro atoms. The highest BCUT2D eigenvalue weighted by Crippen LogP contribution is 2.17. The Morgan fingerprint density at radius 2 is 1.97 bits per heavy atom. The lowest BCUT2D eigenvalue weighted by Crippen LogP contribution is -2.19. The number of esters is 1. The largest absolute Gasteiger partial charge is 0.462 e. The Morgan fingerprint density at radius 3 is 2.70 bits per heavy atom. The Balaban J connectivity index is 1.97. The number of aryl methyl sites for hydroxylation is 1. The van der Waals surface area contributed by atoms with Gasteiger partial charge < -0.3 is 15.4 Å². The molecule has 0 bridgehead atoms. The Kier molecular flexibility index (Phi) is 9.14. The van der Waals surface area contributed by atoms with E-state index in [-0.39, 0.29) is 11.1 Å². The van der Waals surface area contributed by atoms with Crippen LogP contribution < -0.4 is 10.6 Å². The van der Waals surface area contributed by atoms with Crippen LogP contribution in [0, 0.1) is 18.3 Å². The number of unbranched alkanes of at least 4 members (excludes halogenated alkanes) is 1. The van der Waals surface area contributed by atoms with Crippen LogP contribution in [0.25, 0.3) is 0 Å². The predicted octanol–water partition coefficient (Wildman–Crippen LogP) is 4.13. The fraction of sp³-hybridized carbons (Fsp3) is 0.292. The van der Waals surface area contributed by atoms with Gasteiger partial charge in [0, 0.05) is 12.7 Å². The van der Waals surface area contributed by atoms with E-state index < -0.39 is 11.9 Å². The lowest BCUT2D eigenvalue weighted by atomic mass is 10.1. The lowest BCUT2D eigenvalue weighted by molar-refractivity contribution is -0.112. The number of hydrogen-bond acceptors (Lipinski definition) is 5. The van der Waals surface area contributed by atoms with Crippen LogP contribution in [0.3, 0.4) is 0 Å². The number of para-hydroxylation sites is 1. The zero-order valence-corrected chi connectivity index (χ0v) is 17.4. The van der Waals surface area contributed by atoms with Crippen LogP contribution in [0.15, 0.2) is 60.3 Å². The smallest absolute Gasteiger partial charge is 0.340 e. The number of hydrogen-bond donors (Lipinski definition) is 2. The third-order valence-electron chi connectivity index (χ3n) is 4.38. The standard InChI is InChI=1S/C24H27N3O3/c1-3-4-14-30-24(29)21-10-5-6-11-22(21)27-23(28)20(16-25)17-26-13-12-19-9-7-8-18(2)15-19/h5-11,15,17,26H,3-4,12-14H2,1-2H3,(H,27,28)/b20-17-. The topological polar surface area (TPSA) is 91.2 Å². The number of anilines is 1. The molecule has 0 aliphatic rings. The molecular weight excluding hydrogens is 378 g/mol. The number of benzene rings is 2. The van der Waals surface area contributed by atoms with Crippen LogP contribution in [0.4, 0.5) is 5.69 Å². The maximum absolute atomic E-state index is 12.5. The van der Waals surface area contributed by atoms with Crippen molar-refractivity contribution in [2.24, 2.45) is 0 Å². The first-order valence-electron chi connectivity index (χ1n) is 10.0. The molecule has 0 fully saturated rings. The second kappa shape index (κ2) is 12.1. The maximum atomic E-state index is 12.5. The average Bonchev–Trinajstić information content (AvgIpc) is 2.74. The summed E-state index contributed by atoms with van der Waals surface area (Å²) in [6.45, 7) is 4.95. The van der Waals surface area contributed by atoms with Gasteiger partial charge in [0.2, 0.25) is 0 Å². The van der Waals surface area contributed by atoms with Gasteiger partial charge in [-0.15, -0.1) is 0 Å². The van der Waals surface area contributed by atoms with Crippen LogP contribution in [-0.2, 0) is 16.0 Å². The summed E-state index contributed by atoms with van der Waals surface area (Å²) < 4.78 is 5.23. The highest BCUT2D eigenvalue weighted by Gasteiger charge is 2.16. The minimum absolute atomic E-state index is 0.0756. The molecule has 6 heteroatoms. The van der Waals surface area contributed by atoms with E-state index >= 15 is 0 Å². The molecule has 0 saturated carbocycles. The first-order valence-corrected chi connectivity index (χ1v) is 10.0. The van der Waals surface area contributed by atoms with Gasteiger partial charge in [0.25, 0.3) is 5.91 Å². The fourth-order valence-electron chi connectivity index (χ4n) is 2.75. The Labute approximate surface area is 177 Å². The SMILES string of the molecule is CCCCOC(=O)c1ccccc1NC(=O)/C(C#N)=C\NCCc1cccc(C)c1. The number of nitrogens with zero attached hydrogens (tertiary/aromatic N) is 1. The summed E-state index contributed by atoms with van der Waals surface area (Å²) in [5.74, 6) is -1.09. The van der Waals surface area contributed by atoms with Crippen molar-refractivity contribution < 1.29 is 14.3 Å². The summed E-state index contributed by atoms with van der Waals surface area (Å²) in [6, 6.07) is 16.6. The molecule has 6 nitrogen and oxygen atoms in total. The second-order valence-electron chi connectivity index (χ2n) is 6.85. The number of nitrogens with one attached hydrogen (secondary N) is 2. The monoisotopic (exact) mass is 405 g/mol. The molecule has 0 saturated heterocycles. The van der Waals surface area contributed by atoms with Gasteiger partial charge in [0.05, 0.1) is 17.9 Å². The van der Waals surface area contributed by atoms with Gasteiger partial charge in [-0.3, -0.25) is 4.79 Å². The summed E-state index contributed by atoms with van der Waals surface area (Å²) in [6.07, 6.45) is 3.85. The van der Waals surface area contributed by atoms with Crippen LogP contribution in [0.1, 0.15) is 41.3 Å². The molecule has 0 heterocycles. The van der Waals surface area contributed by atoms with Crippen molar-refractivity contribution in [3.05, 3.63) is 77.0 Å². The van der Waals surface area contributed by atoms with Gasteiger partial charge in [-0.2, -0.15) is 5.26 Å². The molecular formula is C24H27N3O3. The van der Waals surface area contributed by atoms with Crippen molar-refractivity contribution in [1.29, 1.82) is 5.26 Å². The normalized spacial score (nSPS) is 10.8. The number of carbonyl (C=O) groups is 2. The summed E-state index contributed by atoms with van der Waals surface area (Å²) in [7, 11) is 0. The number of carbonyl (C=O) groups excluding carboxylic acids is 2. The van der Waals surface area contributed by atoms with E-state index in [9.17, 15) is 14.9 Å². The van der Waals surface area contributed by atoms with E-state index in [2.05, 4.69) is 16.7 Å². The first kappa shape index (κ1) is 22.7. The van der Waals surface area contributed by atoms with Crippen molar-refractivity contribution >= 4 is 17.6 Å². The highest BCUT2D eigenvalue weighted by molar-refractivity contribution is 6.09. The Morgan fingerprint density at radius 1 is 1.17 bits per heavy atom. The van der Waals surface area contributed by atoms with Gasteiger partial charge in [0.1, 0.15) is 11.6 Å². The molecule has 0 unspecified atom stereocenters. The number of nitriles is 1. The molecule has 2 rings (SSSR count). The highest BCUT2D eigenvalue weighted by atomic mass is 16.5. The van der Waals surface area contributed by atoms with E-state index in [4.69, 9.17) is 4.74 Å². The molecule has 156 valence electrons. The Hall–Kier alpha value is -3.59. The minimum Gasteiger partial charge on any atom is -0.462 e. The molecule has 0 aromatic heterocycles. The van der Waals surface area contributed by atoms with E-state index in [0.717, 1.165) is 19.3 Å². The van der Waals surface area contributed by atoms with Gasteiger partial charge >= 0.3 is 5.97 Å². The molecule has 2 aromatic rings. The molecule has 30 heavy (non-hydrogen) atoms. The van der Waals surface area contributed by atoms with Gasteiger partial charge in [-0.1, -0.05) is 55.3 Å². The number of ether oxygens (including phenoxy) is 1. The quantitative estimate of drug-likeness (QED) is 0.268. The maximum Gasteiger partial charge on any atom is 0.340 e. The molecule has 2 N–H and O–H groups in total. The minimum atomic E-state index is -0.589. The average molecular weight is 405 g/mol. The summed E-state index contributed by atoms with van der Waals surface area (Å²) in [4.78, 5) is 24.8. The number of rotatable bonds is 10. The zero-order chi connectivity index (χ0) is 21.8. The van der Waals surface area contributed by atoms with Gasteiger partial charge in [-0.05, 0) is 37.5 Å².